The van der Waals surface area contributed by atoms with E-state index in [0.717, 1.165) is 44.1 Å². The summed E-state index contributed by atoms with van der Waals surface area (Å²) in [6, 6.07) is 0. The molecule has 0 spiro atoms. The second-order valence-corrected chi connectivity index (χ2v) is 8.24. The molecular weight excluding hydrogens is 260 g/mol. The Morgan fingerprint density at radius 2 is 2.05 bits per heavy atom. The summed E-state index contributed by atoms with van der Waals surface area (Å²) in [7, 11) is 0. The first-order valence-corrected chi connectivity index (χ1v) is 8.57. The molecule has 1 N–H and O–H groups in total. The van der Waals surface area contributed by atoms with Gasteiger partial charge >= 0.3 is 0 Å². The lowest BCUT2D eigenvalue weighted by atomic mass is 9.47. The topological polar surface area (TPSA) is 37.3 Å². The van der Waals surface area contributed by atoms with Crippen molar-refractivity contribution in [2.75, 3.05) is 0 Å². The molecule has 0 heterocycles. The van der Waals surface area contributed by atoms with Crippen LogP contribution in [0.5, 0.6) is 0 Å². The predicted molar refractivity (Wildman–Crippen MR) is 82.7 cm³/mol. The number of allylic oxidation sites excluding steroid dienone is 1. The molecule has 8 atom stereocenters. The van der Waals surface area contributed by atoms with Gasteiger partial charge in [0.15, 0.2) is 5.78 Å². The van der Waals surface area contributed by atoms with Crippen LogP contribution in [-0.4, -0.2) is 17.0 Å². The lowest BCUT2D eigenvalue weighted by Crippen LogP contribution is -2.51. The third-order valence-electron chi connectivity index (χ3n) is 7.51. The standard InChI is InChI=1S/C19H28O2/c1-18-9-7-13(20)11-12(18)3-4-14-15-5-6-17(21)19(15,2)10-8-16(14)18/h11,14-17,21H,3-10H2,1-2H3/t14-,15-,16-,17-,18-,19-/m0/s1/i7D,9D/t7?,9?,14-,15-,16-,17-,18-,19-. The molecule has 4 rings (SSSR count). The molecular formula is C19H28O2. The molecule has 0 aromatic heterocycles. The Bertz CT molecular complexity index is 574. The van der Waals surface area contributed by atoms with E-state index < -0.39 is 12.8 Å². The van der Waals surface area contributed by atoms with Crippen molar-refractivity contribution in [2.45, 2.75) is 71.3 Å². The molecule has 2 heteroatoms. The van der Waals surface area contributed by atoms with Crippen LogP contribution in [0.15, 0.2) is 11.6 Å². The van der Waals surface area contributed by atoms with Crippen LogP contribution in [0.2, 0.25) is 0 Å². The molecule has 4 aliphatic rings. The molecule has 0 aromatic rings. The van der Waals surface area contributed by atoms with Gasteiger partial charge in [0.25, 0.3) is 0 Å². The van der Waals surface area contributed by atoms with Gasteiger partial charge in [-0.15, -0.1) is 0 Å². The van der Waals surface area contributed by atoms with Gasteiger partial charge < -0.3 is 5.11 Å². The fourth-order valence-corrected chi connectivity index (χ4v) is 6.17. The normalized spacial score (nSPS) is 61.1. The van der Waals surface area contributed by atoms with E-state index in [1.165, 1.54) is 0 Å². The van der Waals surface area contributed by atoms with Crippen LogP contribution in [-0.2, 0) is 4.79 Å². The second kappa shape index (κ2) is 4.44. The number of carbonyl (C=O) groups is 1. The molecule has 0 saturated heterocycles. The van der Waals surface area contributed by atoms with Crippen LogP contribution in [0.4, 0.5) is 0 Å². The van der Waals surface area contributed by atoms with Gasteiger partial charge in [0.05, 0.1) is 6.10 Å². The van der Waals surface area contributed by atoms with Crippen molar-refractivity contribution < 1.29 is 12.6 Å². The van der Waals surface area contributed by atoms with Crippen LogP contribution in [0, 0.1) is 28.6 Å². The Hall–Kier alpha value is -0.630. The van der Waals surface area contributed by atoms with Crippen molar-refractivity contribution in [3.05, 3.63) is 11.6 Å². The molecule has 3 saturated carbocycles. The van der Waals surface area contributed by atoms with Crippen molar-refractivity contribution in [3.8, 4) is 0 Å². The summed E-state index contributed by atoms with van der Waals surface area (Å²) in [5.74, 6) is 1.31. The minimum atomic E-state index is -0.926. The maximum Gasteiger partial charge on any atom is 0.155 e. The monoisotopic (exact) mass is 290 g/mol. The highest BCUT2D eigenvalue weighted by Gasteiger charge is 2.58. The molecule has 0 bridgehead atoms. The van der Waals surface area contributed by atoms with Gasteiger partial charge in [-0.25, -0.2) is 0 Å². The van der Waals surface area contributed by atoms with Gasteiger partial charge in [0.2, 0.25) is 0 Å². The zero-order valence-electron chi connectivity index (χ0n) is 15.1. The van der Waals surface area contributed by atoms with Crippen molar-refractivity contribution in [3.63, 3.8) is 0 Å². The number of fused-ring (bicyclic) bond motifs is 5. The Kier molecular flexibility index (Phi) is 2.51. The zero-order chi connectivity index (χ0) is 16.6. The van der Waals surface area contributed by atoms with Gasteiger partial charge in [0.1, 0.15) is 0 Å². The number of hydrogen-bond donors (Lipinski definition) is 1. The molecule has 116 valence electrons. The maximum atomic E-state index is 12.0. The molecule has 2 nitrogen and oxygen atoms in total. The summed E-state index contributed by atoms with van der Waals surface area (Å²) in [6.45, 7) is 4.41. The van der Waals surface area contributed by atoms with E-state index in [9.17, 15) is 9.90 Å². The quantitative estimate of drug-likeness (QED) is 0.735. The zero-order valence-corrected chi connectivity index (χ0v) is 13.1. The van der Waals surface area contributed by atoms with Crippen molar-refractivity contribution in [1.82, 2.24) is 0 Å². The molecule has 0 radical (unpaired) electrons. The molecule has 4 aliphatic carbocycles. The summed E-state index contributed by atoms with van der Waals surface area (Å²) in [5.41, 5.74) is 0.855. The van der Waals surface area contributed by atoms with Crippen LogP contribution in [0.25, 0.3) is 0 Å². The smallest absolute Gasteiger partial charge is 0.155 e. The first-order valence-electron chi connectivity index (χ1n) is 9.73. The van der Waals surface area contributed by atoms with E-state index in [0.29, 0.717) is 17.8 Å². The molecule has 2 unspecified atom stereocenters. The SMILES string of the molecule is [2H]C1C(=O)C=C2CC[C@H]3[C@@H]4CC[C@H](O)[C@@]4(C)CC[C@@H]3[C@@]2(C)C1[2H]. The Balaban J connectivity index is 1.73. The minimum Gasteiger partial charge on any atom is -0.393 e. The van der Waals surface area contributed by atoms with E-state index in [1.807, 2.05) is 0 Å². The third-order valence-corrected chi connectivity index (χ3v) is 7.51. The summed E-state index contributed by atoms with van der Waals surface area (Å²) < 4.78 is 16.8. The molecule has 21 heavy (non-hydrogen) atoms. The second-order valence-electron chi connectivity index (χ2n) is 8.24. The number of aliphatic hydroxyl groups is 1. The fraction of sp³-hybridized carbons (Fsp3) is 0.842. The van der Waals surface area contributed by atoms with Crippen LogP contribution in [0.3, 0.4) is 0 Å². The summed E-state index contributed by atoms with van der Waals surface area (Å²) >= 11 is 0. The average molecular weight is 290 g/mol. The summed E-state index contributed by atoms with van der Waals surface area (Å²) in [4.78, 5) is 12.0. The van der Waals surface area contributed by atoms with Crippen LogP contribution >= 0.6 is 0 Å². The van der Waals surface area contributed by atoms with E-state index in [4.69, 9.17) is 2.74 Å². The van der Waals surface area contributed by atoms with Gasteiger partial charge in [-0.3, -0.25) is 4.79 Å². The van der Waals surface area contributed by atoms with Crippen LogP contribution < -0.4 is 0 Å². The van der Waals surface area contributed by atoms with Crippen LogP contribution in [0.1, 0.15) is 67.9 Å². The first kappa shape index (κ1) is 11.9. The lowest BCUT2D eigenvalue weighted by molar-refractivity contribution is -0.118. The first-order chi connectivity index (χ1) is 10.8. The number of hydrogen-bond acceptors (Lipinski definition) is 2. The minimum absolute atomic E-state index is 0.0428. The van der Waals surface area contributed by atoms with Crippen molar-refractivity contribution in [1.29, 1.82) is 0 Å². The number of carbonyl (C=O) groups excluding carboxylic acids is 1. The highest BCUT2D eigenvalue weighted by molar-refractivity contribution is 5.91. The van der Waals surface area contributed by atoms with E-state index in [-0.39, 0.29) is 22.7 Å². The van der Waals surface area contributed by atoms with Gasteiger partial charge in [-0.05, 0) is 79.6 Å². The predicted octanol–water partition coefficient (Wildman–Crippen LogP) is 3.88. The van der Waals surface area contributed by atoms with Crippen molar-refractivity contribution >= 4 is 5.78 Å². The van der Waals surface area contributed by atoms with E-state index in [1.54, 1.807) is 6.08 Å². The molecule has 0 aromatic carbocycles. The number of aliphatic hydroxyl groups excluding tert-OH is 1. The van der Waals surface area contributed by atoms with E-state index >= 15 is 0 Å². The molecule has 3 fully saturated rings. The Morgan fingerprint density at radius 3 is 2.86 bits per heavy atom. The molecule has 0 amide bonds. The molecule has 0 aliphatic heterocycles. The maximum absolute atomic E-state index is 12.0. The lowest BCUT2D eigenvalue weighted by Gasteiger charge is -2.57. The fourth-order valence-electron chi connectivity index (χ4n) is 6.17. The van der Waals surface area contributed by atoms with Gasteiger partial charge in [-0.1, -0.05) is 19.4 Å². The van der Waals surface area contributed by atoms with Gasteiger partial charge in [0, 0.05) is 9.14 Å². The number of ketones is 1. The highest BCUT2D eigenvalue weighted by Crippen LogP contribution is 2.65. The van der Waals surface area contributed by atoms with Crippen molar-refractivity contribution in [2.24, 2.45) is 28.6 Å². The van der Waals surface area contributed by atoms with E-state index in [2.05, 4.69) is 13.8 Å². The summed E-state index contributed by atoms with van der Waals surface area (Å²) in [5, 5.41) is 10.5. The highest BCUT2D eigenvalue weighted by atomic mass is 16.3. The third kappa shape index (κ3) is 1.78. The average Bonchev–Trinajstić information content (AvgIpc) is 2.83. The number of rotatable bonds is 0. The summed E-state index contributed by atoms with van der Waals surface area (Å²) in [6.07, 6.45) is 6.00. The Labute approximate surface area is 130 Å². The van der Waals surface area contributed by atoms with Gasteiger partial charge in [-0.2, -0.15) is 0 Å². The Morgan fingerprint density at radius 1 is 1.24 bits per heavy atom. The largest absolute Gasteiger partial charge is 0.393 e.